The highest BCUT2D eigenvalue weighted by Gasteiger charge is 2.42. The van der Waals surface area contributed by atoms with Gasteiger partial charge < -0.3 is 20.3 Å². The molecule has 0 aromatic heterocycles. The van der Waals surface area contributed by atoms with Crippen molar-refractivity contribution < 1.29 is 9.53 Å². The molecule has 1 aliphatic carbocycles. The molecular formula is C25H41N5O2. The van der Waals surface area contributed by atoms with Gasteiger partial charge in [-0.15, -0.1) is 0 Å². The van der Waals surface area contributed by atoms with Crippen LogP contribution < -0.4 is 10.6 Å². The summed E-state index contributed by atoms with van der Waals surface area (Å²) in [5.74, 6) is 1.00. The number of aliphatic imine (C=N–C) groups is 1. The zero-order valence-corrected chi connectivity index (χ0v) is 20.3. The summed E-state index contributed by atoms with van der Waals surface area (Å²) in [5.41, 5.74) is 2.20. The summed E-state index contributed by atoms with van der Waals surface area (Å²) >= 11 is 0. The number of hydrogen-bond donors (Lipinski definition) is 2. The summed E-state index contributed by atoms with van der Waals surface area (Å²) in [6.07, 6.45) is 4.41. The molecule has 32 heavy (non-hydrogen) atoms. The van der Waals surface area contributed by atoms with Crippen molar-refractivity contribution in [3.8, 4) is 0 Å². The number of nitrogens with one attached hydrogen (secondary N) is 2. The third kappa shape index (κ3) is 6.69. The van der Waals surface area contributed by atoms with Crippen LogP contribution in [0.2, 0.25) is 0 Å². The minimum Gasteiger partial charge on any atom is -0.376 e. The predicted molar refractivity (Wildman–Crippen MR) is 130 cm³/mol. The van der Waals surface area contributed by atoms with E-state index in [1.807, 2.05) is 14.1 Å². The summed E-state index contributed by atoms with van der Waals surface area (Å²) in [6.45, 7) is 9.93. The second kappa shape index (κ2) is 11.7. The van der Waals surface area contributed by atoms with Crippen molar-refractivity contribution in [1.29, 1.82) is 0 Å². The summed E-state index contributed by atoms with van der Waals surface area (Å²) in [7, 11) is 3.71. The van der Waals surface area contributed by atoms with Crippen molar-refractivity contribution in [3.05, 3.63) is 35.4 Å². The van der Waals surface area contributed by atoms with E-state index in [0.29, 0.717) is 19.2 Å². The molecule has 2 N–H and O–H groups in total. The molecule has 1 amide bonds. The average molecular weight is 444 g/mol. The van der Waals surface area contributed by atoms with Gasteiger partial charge in [0.05, 0.1) is 24.7 Å². The number of carbonyl (C=O) groups excluding carboxylic acids is 1. The summed E-state index contributed by atoms with van der Waals surface area (Å²) in [6, 6.07) is 8.69. The lowest BCUT2D eigenvalue weighted by molar-refractivity contribution is -0.138. The van der Waals surface area contributed by atoms with Gasteiger partial charge in [-0.1, -0.05) is 37.1 Å². The maximum Gasteiger partial charge on any atom is 0.230 e. The van der Waals surface area contributed by atoms with Gasteiger partial charge in [-0.2, -0.15) is 0 Å². The monoisotopic (exact) mass is 443 g/mol. The van der Waals surface area contributed by atoms with Gasteiger partial charge >= 0.3 is 0 Å². The Morgan fingerprint density at radius 1 is 1.25 bits per heavy atom. The predicted octanol–water partition coefficient (Wildman–Crippen LogP) is 2.61. The molecular weight excluding hydrogens is 402 g/mol. The number of carbonyl (C=O) groups is 1. The van der Waals surface area contributed by atoms with Gasteiger partial charge in [0.15, 0.2) is 5.96 Å². The Morgan fingerprint density at radius 3 is 2.69 bits per heavy atom. The fourth-order valence-electron chi connectivity index (χ4n) is 4.88. The van der Waals surface area contributed by atoms with Crippen LogP contribution in [0.3, 0.4) is 0 Å². The number of hydrogen-bond acceptors (Lipinski definition) is 4. The highest BCUT2D eigenvalue weighted by atomic mass is 16.5. The van der Waals surface area contributed by atoms with Crippen LogP contribution in [0.15, 0.2) is 29.3 Å². The average Bonchev–Trinajstić information content (AvgIpc) is 3.25. The standard InChI is InChI=1S/C25H41N5O2/c1-5-26-24(28-19-25(11-6-7-12-25)23(31)29(3)4)27-16-21-9-8-10-22(15-21)18-30-13-14-32-20(2)17-30/h8-10,15,20H,5-7,11-14,16-19H2,1-4H3,(H2,26,27,28). The lowest BCUT2D eigenvalue weighted by Crippen LogP contribution is -2.49. The third-order valence-electron chi connectivity index (χ3n) is 6.50. The number of amides is 1. The van der Waals surface area contributed by atoms with Crippen molar-refractivity contribution in [2.45, 2.75) is 58.7 Å². The van der Waals surface area contributed by atoms with E-state index >= 15 is 0 Å². The minimum atomic E-state index is -0.311. The Bertz CT molecular complexity index is 773. The molecule has 1 aliphatic heterocycles. The first-order valence-electron chi connectivity index (χ1n) is 12.1. The molecule has 1 aromatic carbocycles. The van der Waals surface area contributed by atoms with Gasteiger partial charge in [0.2, 0.25) is 5.91 Å². The first-order valence-corrected chi connectivity index (χ1v) is 12.1. The Hall–Kier alpha value is -2.12. The number of nitrogens with zero attached hydrogens (tertiary/aromatic N) is 3. The molecule has 2 aliphatic rings. The normalized spacial score (nSPS) is 21.4. The quantitative estimate of drug-likeness (QED) is 0.478. The molecule has 178 valence electrons. The Balaban J connectivity index is 1.61. The van der Waals surface area contributed by atoms with E-state index in [1.54, 1.807) is 4.90 Å². The van der Waals surface area contributed by atoms with E-state index in [9.17, 15) is 4.79 Å². The summed E-state index contributed by atoms with van der Waals surface area (Å²) < 4.78 is 5.65. The van der Waals surface area contributed by atoms with Crippen LogP contribution in [0, 0.1) is 5.41 Å². The Labute approximate surface area is 193 Å². The molecule has 1 heterocycles. The largest absolute Gasteiger partial charge is 0.376 e. The smallest absolute Gasteiger partial charge is 0.230 e. The Kier molecular flexibility index (Phi) is 8.93. The van der Waals surface area contributed by atoms with E-state index in [0.717, 1.165) is 64.4 Å². The van der Waals surface area contributed by atoms with Crippen molar-refractivity contribution in [2.75, 3.05) is 46.9 Å². The molecule has 1 unspecified atom stereocenters. The Morgan fingerprint density at radius 2 is 2.00 bits per heavy atom. The fourth-order valence-corrected chi connectivity index (χ4v) is 4.88. The number of rotatable bonds is 8. The van der Waals surface area contributed by atoms with Gasteiger partial charge in [0.25, 0.3) is 0 Å². The van der Waals surface area contributed by atoms with E-state index in [4.69, 9.17) is 9.73 Å². The second-order valence-electron chi connectivity index (χ2n) is 9.47. The SMILES string of the molecule is CCNC(=NCc1cccc(CN2CCOC(C)C2)c1)NCC1(C(=O)N(C)C)CCCC1. The molecule has 1 aromatic rings. The molecule has 1 atom stereocenters. The van der Waals surface area contributed by atoms with Crippen LogP contribution in [0.4, 0.5) is 0 Å². The molecule has 0 bridgehead atoms. The first-order chi connectivity index (χ1) is 15.4. The number of guanidine groups is 1. The molecule has 2 fully saturated rings. The van der Waals surface area contributed by atoms with Crippen molar-refractivity contribution in [3.63, 3.8) is 0 Å². The van der Waals surface area contributed by atoms with Crippen LogP contribution in [-0.2, 0) is 22.6 Å². The lowest BCUT2D eigenvalue weighted by Gasteiger charge is -2.31. The number of benzene rings is 1. The van der Waals surface area contributed by atoms with Crippen molar-refractivity contribution in [1.82, 2.24) is 20.4 Å². The fraction of sp³-hybridized carbons (Fsp3) is 0.680. The maximum atomic E-state index is 12.9. The van der Waals surface area contributed by atoms with E-state index in [1.165, 1.54) is 11.1 Å². The van der Waals surface area contributed by atoms with Crippen molar-refractivity contribution in [2.24, 2.45) is 10.4 Å². The summed E-state index contributed by atoms with van der Waals surface area (Å²) in [4.78, 5) is 21.9. The molecule has 1 saturated carbocycles. The zero-order chi connectivity index (χ0) is 23.0. The molecule has 0 spiro atoms. The van der Waals surface area contributed by atoms with E-state index < -0.39 is 0 Å². The van der Waals surface area contributed by atoms with E-state index in [2.05, 4.69) is 53.6 Å². The third-order valence-corrected chi connectivity index (χ3v) is 6.50. The van der Waals surface area contributed by atoms with Gasteiger partial charge in [0, 0.05) is 46.8 Å². The molecule has 0 radical (unpaired) electrons. The highest BCUT2D eigenvalue weighted by Crippen LogP contribution is 2.38. The zero-order valence-electron chi connectivity index (χ0n) is 20.3. The molecule has 3 rings (SSSR count). The van der Waals surface area contributed by atoms with Gasteiger partial charge in [-0.3, -0.25) is 9.69 Å². The highest BCUT2D eigenvalue weighted by molar-refractivity contribution is 5.85. The van der Waals surface area contributed by atoms with Crippen LogP contribution in [0.5, 0.6) is 0 Å². The van der Waals surface area contributed by atoms with Gasteiger partial charge in [0.1, 0.15) is 0 Å². The minimum absolute atomic E-state index is 0.225. The van der Waals surface area contributed by atoms with Crippen LogP contribution in [0.25, 0.3) is 0 Å². The van der Waals surface area contributed by atoms with Crippen LogP contribution >= 0.6 is 0 Å². The maximum absolute atomic E-state index is 12.9. The second-order valence-corrected chi connectivity index (χ2v) is 9.47. The summed E-state index contributed by atoms with van der Waals surface area (Å²) in [5, 5.41) is 6.80. The first kappa shape index (κ1) is 24.5. The van der Waals surface area contributed by atoms with Crippen LogP contribution in [-0.4, -0.2) is 74.7 Å². The van der Waals surface area contributed by atoms with Gasteiger partial charge in [-0.25, -0.2) is 4.99 Å². The van der Waals surface area contributed by atoms with Crippen molar-refractivity contribution >= 4 is 11.9 Å². The molecule has 1 saturated heterocycles. The number of ether oxygens (including phenoxy) is 1. The molecule has 7 heteroatoms. The molecule has 7 nitrogen and oxygen atoms in total. The van der Waals surface area contributed by atoms with Crippen LogP contribution in [0.1, 0.15) is 50.7 Å². The lowest BCUT2D eigenvalue weighted by atomic mass is 9.84. The topological polar surface area (TPSA) is 69.2 Å². The van der Waals surface area contributed by atoms with Gasteiger partial charge in [-0.05, 0) is 37.8 Å². The van der Waals surface area contributed by atoms with E-state index in [-0.39, 0.29) is 11.3 Å². The number of morpholine rings is 1.